The fourth-order valence-corrected chi connectivity index (χ4v) is 4.49. The number of rotatable bonds is 6. The van der Waals surface area contributed by atoms with Gasteiger partial charge in [0.05, 0.1) is 19.8 Å². The van der Waals surface area contributed by atoms with Crippen molar-refractivity contribution in [3.8, 4) is 0 Å². The van der Waals surface area contributed by atoms with E-state index in [4.69, 9.17) is 14.9 Å². The zero-order valence-electron chi connectivity index (χ0n) is 19.1. The van der Waals surface area contributed by atoms with Crippen LogP contribution in [0.5, 0.6) is 0 Å². The topological polar surface area (TPSA) is 91.7 Å². The molecule has 2 aromatic carbocycles. The number of ether oxygens (including phenoxy) is 2. The third-order valence-electron chi connectivity index (χ3n) is 6.30. The number of nitrogens with zero attached hydrogens (tertiary/aromatic N) is 1. The summed E-state index contributed by atoms with van der Waals surface area (Å²) in [6, 6.07) is 13.2. The molecule has 0 aromatic heterocycles. The summed E-state index contributed by atoms with van der Waals surface area (Å²) in [5.74, 6) is 0.410. The summed E-state index contributed by atoms with van der Waals surface area (Å²) in [5.41, 5.74) is 4.55. The number of hydrogen-bond acceptors (Lipinski definition) is 5. The van der Waals surface area contributed by atoms with Gasteiger partial charge in [-0.15, -0.1) is 0 Å². The number of aryl methyl sites for hydroxylation is 1. The van der Waals surface area contributed by atoms with E-state index in [1.807, 2.05) is 36.1 Å². The lowest BCUT2D eigenvalue weighted by atomic mass is 9.82. The molecular weight excluding hydrogens is 418 g/mol. The van der Waals surface area contributed by atoms with Crippen LogP contribution < -0.4 is 5.32 Å². The number of esters is 1. The van der Waals surface area contributed by atoms with Crippen molar-refractivity contribution in [3.63, 3.8) is 0 Å². The van der Waals surface area contributed by atoms with Gasteiger partial charge < -0.3 is 19.7 Å². The molecule has 1 aliphatic carbocycles. The molecule has 33 heavy (non-hydrogen) atoms. The number of amidine groups is 1. The standard InChI is InChI=1S/C26H31N3O4/c1-2-33-24(30)16-18-3-4-19-9-10-23(17-22(19)15-18)28-26(31)21-7-5-20(6-8-21)25(27)29-11-13-32-14-12-29/h5-10,17-18,27H,2-4,11-16H2,1H3,(H,28,31). The predicted octanol–water partition coefficient (Wildman–Crippen LogP) is 3.65. The molecule has 0 spiro atoms. The van der Waals surface area contributed by atoms with E-state index in [1.165, 1.54) is 11.1 Å². The molecular formula is C26H31N3O4. The van der Waals surface area contributed by atoms with E-state index >= 15 is 0 Å². The summed E-state index contributed by atoms with van der Waals surface area (Å²) in [4.78, 5) is 26.6. The van der Waals surface area contributed by atoms with E-state index in [-0.39, 0.29) is 17.8 Å². The van der Waals surface area contributed by atoms with Gasteiger partial charge in [0.2, 0.25) is 0 Å². The molecule has 1 unspecified atom stereocenters. The number of hydrogen-bond donors (Lipinski definition) is 2. The molecule has 1 saturated heterocycles. The van der Waals surface area contributed by atoms with Gasteiger partial charge in [0, 0.05) is 36.3 Å². The Morgan fingerprint density at radius 2 is 1.82 bits per heavy atom. The molecule has 1 aliphatic heterocycles. The van der Waals surface area contributed by atoms with Gasteiger partial charge in [0.1, 0.15) is 5.84 Å². The van der Waals surface area contributed by atoms with E-state index in [0.29, 0.717) is 50.7 Å². The quantitative estimate of drug-likeness (QED) is 0.399. The van der Waals surface area contributed by atoms with Crippen molar-refractivity contribution in [2.75, 3.05) is 38.2 Å². The van der Waals surface area contributed by atoms with Gasteiger partial charge in [-0.1, -0.05) is 18.2 Å². The molecule has 7 heteroatoms. The lowest BCUT2D eigenvalue weighted by Gasteiger charge is -2.29. The van der Waals surface area contributed by atoms with Crippen molar-refractivity contribution in [3.05, 3.63) is 64.7 Å². The van der Waals surface area contributed by atoms with Crippen LogP contribution >= 0.6 is 0 Å². The monoisotopic (exact) mass is 449 g/mol. The number of carbonyl (C=O) groups excluding carboxylic acids is 2. The van der Waals surface area contributed by atoms with Crippen LogP contribution in [0.25, 0.3) is 0 Å². The summed E-state index contributed by atoms with van der Waals surface area (Å²) in [5, 5.41) is 11.4. The zero-order valence-corrected chi connectivity index (χ0v) is 19.1. The number of nitrogens with one attached hydrogen (secondary N) is 2. The van der Waals surface area contributed by atoms with Gasteiger partial charge in [-0.25, -0.2) is 0 Å². The molecule has 1 fully saturated rings. The normalized spacial score (nSPS) is 17.7. The van der Waals surface area contributed by atoms with Crippen LogP contribution in [0.3, 0.4) is 0 Å². The van der Waals surface area contributed by atoms with Gasteiger partial charge in [0.15, 0.2) is 0 Å². The fraction of sp³-hybridized carbons (Fsp3) is 0.423. The Bertz CT molecular complexity index is 1010. The Labute approximate surface area is 194 Å². The summed E-state index contributed by atoms with van der Waals surface area (Å²) >= 11 is 0. The molecule has 2 aromatic rings. The van der Waals surface area contributed by atoms with Crippen LogP contribution in [-0.2, 0) is 27.1 Å². The number of morpholine rings is 1. The minimum atomic E-state index is -0.182. The van der Waals surface area contributed by atoms with Crippen molar-refractivity contribution < 1.29 is 19.1 Å². The molecule has 174 valence electrons. The highest BCUT2D eigenvalue weighted by atomic mass is 16.5. The van der Waals surface area contributed by atoms with Crippen LogP contribution in [0.1, 0.15) is 46.8 Å². The van der Waals surface area contributed by atoms with Crippen LogP contribution in [0.2, 0.25) is 0 Å². The Kier molecular flexibility index (Phi) is 7.40. The van der Waals surface area contributed by atoms with Gasteiger partial charge >= 0.3 is 5.97 Å². The largest absolute Gasteiger partial charge is 0.466 e. The minimum Gasteiger partial charge on any atom is -0.466 e. The Balaban J connectivity index is 1.37. The van der Waals surface area contributed by atoms with Crippen molar-refractivity contribution in [2.24, 2.45) is 5.92 Å². The van der Waals surface area contributed by atoms with Crippen LogP contribution in [0.4, 0.5) is 5.69 Å². The van der Waals surface area contributed by atoms with Crippen molar-refractivity contribution in [1.29, 1.82) is 5.41 Å². The predicted molar refractivity (Wildman–Crippen MR) is 127 cm³/mol. The first kappa shape index (κ1) is 23.0. The van der Waals surface area contributed by atoms with E-state index in [1.54, 1.807) is 12.1 Å². The molecule has 0 radical (unpaired) electrons. The molecule has 7 nitrogen and oxygen atoms in total. The molecule has 0 bridgehead atoms. The van der Waals surface area contributed by atoms with Crippen LogP contribution in [0, 0.1) is 11.3 Å². The first-order chi connectivity index (χ1) is 16.0. The summed E-state index contributed by atoms with van der Waals surface area (Å²) in [6.45, 7) is 4.92. The van der Waals surface area contributed by atoms with Gasteiger partial charge in [-0.3, -0.25) is 15.0 Å². The van der Waals surface area contributed by atoms with Gasteiger partial charge in [-0.2, -0.15) is 0 Å². The lowest BCUT2D eigenvalue weighted by Crippen LogP contribution is -2.40. The molecule has 1 amide bonds. The van der Waals surface area contributed by atoms with E-state index in [0.717, 1.165) is 30.5 Å². The minimum absolute atomic E-state index is 0.138. The molecule has 0 saturated carbocycles. The second-order valence-corrected chi connectivity index (χ2v) is 8.58. The van der Waals surface area contributed by atoms with Crippen molar-refractivity contribution in [2.45, 2.75) is 32.6 Å². The first-order valence-corrected chi connectivity index (χ1v) is 11.6. The molecule has 2 aliphatic rings. The smallest absolute Gasteiger partial charge is 0.306 e. The molecule has 1 heterocycles. The van der Waals surface area contributed by atoms with Gasteiger partial charge in [0.25, 0.3) is 5.91 Å². The molecule has 1 atom stereocenters. The van der Waals surface area contributed by atoms with Gasteiger partial charge in [-0.05, 0) is 67.5 Å². The number of carbonyl (C=O) groups is 2. The average molecular weight is 450 g/mol. The Morgan fingerprint density at radius 3 is 2.55 bits per heavy atom. The SMILES string of the molecule is CCOC(=O)CC1CCc2ccc(NC(=O)c3ccc(C(=N)N4CCOCC4)cc3)cc2C1. The Hall–Kier alpha value is -3.19. The van der Waals surface area contributed by atoms with E-state index < -0.39 is 0 Å². The maximum Gasteiger partial charge on any atom is 0.306 e. The zero-order chi connectivity index (χ0) is 23.2. The maximum absolute atomic E-state index is 12.8. The second kappa shape index (κ2) is 10.6. The third kappa shape index (κ3) is 5.79. The van der Waals surface area contributed by atoms with Crippen molar-refractivity contribution in [1.82, 2.24) is 4.90 Å². The van der Waals surface area contributed by atoms with E-state index in [2.05, 4.69) is 11.4 Å². The maximum atomic E-state index is 12.8. The highest BCUT2D eigenvalue weighted by molar-refractivity contribution is 6.05. The van der Waals surface area contributed by atoms with Crippen LogP contribution in [0.15, 0.2) is 42.5 Å². The van der Waals surface area contributed by atoms with Crippen molar-refractivity contribution >= 4 is 23.4 Å². The first-order valence-electron chi connectivity index (χ1n) is 11.6. The lowest BCUT2D eigenvalue weighted by molar-refractivity contribution is -0.144. The number of anilines is 1. The summed E-state index contributed by atoms with van der Waals surface area (Å²) in [6.07, 6.45) is 3.17. The van der Waals surface area contributed by atoms with E-state index in [9.17, 15) is 9.59 Å². The summed E-state index contributed by atoms with van der Waals surface area (Å²) < 4.78 is 10.4. The van der Waals surface area contributed by atoms with Crippen LogP contribution in [-0.4, -0.2) is 55.5 Å². The second-order valence-electron chi connectivity index (χ2n) is 8.58. The number of amides is 1. The summed E-state index contributed by atoms with van der Waals surface area (Å²) in [7, 11) is 0. The number of benzene rings is 2. The molecule has 4 rings (SSSR count). The molecule has 2 N–H and O–H groups in total. The third-order valence-corrected chi connectivity index (χ3v) is 6.30. The number of fused-ring (bicyclic) bond motifs is 1. The highest BCUT2D eigenvalue weighted by Gasteiger charge is 2.22. The average Bonchev–Trinajstić information content (AvgIpc) is 2.84. The highest BCUT2D eigenvalue weighted by Crippen LogP contribution is 2.30. The Morgan fingerprint density at radius 1 is 1.09 bits per heavy atom. The fourth-order valence-electron chi connectivity index (χ4n) is 4.49.